The Morgan fingerprint density at radius 1 is 1.20 bits per heavy atom. The van der Waals surface area contributed by atoms with E-state index < -0.39 is 5.97 Å². The lowest BCUT2D eigenvalue weighted by molar-refractivity contribution is 0.0697. The molecule has 0 radical (unpaired) electrons. The highest BCUT2D eigenvalue weighted by Crippen LogP contribution is 2.33. The number of carbonyl (C=O) groups is 1. The molecule has 4 rings (SSSR count). The maximum atomic E-state index is 11.2. The van der Waals surface area contributed by atoms with Gasteiger partial charge < -0.3 is 5.11 Å². The first kappa shape index (κ1) is 11.1. The van der Waals surface area contributed by atoms with Crippen molar-refractivity contribution in [2.45, 2.75) is 6.42 Å². The van der Waals surface area contributed by atoms with Crippen molar-refractivity contribution in [3.8, 4) is 11.3 Å². The van der Waals surface area contributed by atoms with E-state index in [9.17, 15) is 4.79 Å². The number of allylic oxidation sites excluding steroid dienone is 1. The second-order valence-electron chi connectivity index (χ2n) is 4.86. The predicted octanol–water partition coefficient (Wildman–Crippen LogP) is 2.35. The minimum Gasteiger partial charge on any atom is -0.478 e. The Morgan fingerprint density at radius 3 is 2.95 bits per heavy atom. The number of aromatic carboxylic acids is 1. The summed E-state index contributed by atoms with van der Waals surface area (Å²) in [4.78, 5) is 11.2. The molecule has 1 N–H and O–H groups in total. The van der Waals surface area contributed by atoms with Gasteiger partial charge in [-0.05, 0) is 29.2 Å². The summed E-state index contributed by atoms with van der Waals surface area (Å²) in [7, 11) is 0. The Balaban J connectivity index is 2.18. The largest absolute Gasteiger partial charge is 0.478 e. The highest BCUT2D eigenvalue weighted by molar-refractivity contribution is 6.02. The summed E-state index contributed by atoms with van der Waals surface area (Å²) in [5.74, 6) is -0.950. The minimum absolute atomic E-state index is 0.239. The van der Waals surface area contributed by atoms with Crippen molar-refractivity contribution in [2.75, 3.05) is 0 Å². The van der Waals surface area contributed by atoms with E-state index >= 15 is 0 Å². The zero-order chi connectivity index (χ0) is 13.7. The summed E-state index contributed by atoms with van der Waals surface area (Å²) in [6.07, 6.45) is 7.18. The topological polar surface area (TPSA) is 63.1 Å². The van der Waals surface area contributed by atoms with Crippen molar-refractivity contribution >= 4 is 29.0 Å². The molecule has 1 aromatic carbocycles. The fourth-order valence-corrected chi connectivity index (χ4v) is 2.72. The van der Waals surface area contributed by atoms with Crippen LogP contribution >= 0.6 is 0 Å². The van der Waals surface area contributed by atoms with Crippen molar-refractivity contribution in [1.29, 1.82) is 0 Å². The first-order chi connectivity index (χ1) is 9.74. The lowest BCUT2D eigenvalue weighted by atomic mass is 10.00. The Bertz CT molecular complexity index is 912. The number of hydrogen-bond acceptors (Lipinski definition) is 3. The van der Waals surface area contributed by atoms with Gasteiger partial charge in [0.2, 0.25) is 0 Å². The van der Waals surface area contributed by atoms with Crippen LogP contribution in [0.4, 0.5) is 0 Å². The number of aromatic nitrogens is 2. The maximum absolute atomic E-state index is 11.2. The average molecular weight is 262 g/mol. The second kappa shape index (κ2) is 3.87. The Kier molecular flexibility index (Phi) is 2.15. The van der Waals surface area contributed by atoms with Gasteiger partial charge in [-0.3, -0.25) is 0 Å². The van der Waals surface area contributed by atoms with Gasteiger partial charge in [0.15, 0.2) is 0 Å². The number of hydrogen-bond donors (Lipinski definition) is 1. The number of rotatable bonds is 1. The zero-order valence-corrected chi connectivity index (χ0v) is 10.5. The van der Waals surface area contributed by atoms with Gasteiger partial charge in [0.05, 0.1) is 11.1 Å². The van der Waals surface area contributed by atoms with E-state index in [-0.39, 0.29) is 5.56 Å². The first-order valence-corrected chi connectivity index (χ1v) is 6.37. The predicted molar refractivity (Wildman–Crippen MR) is 76.5 cm³/mol. The van der Waals surface area contributed by atoms with Crippen LogP contribution in [0.1, 0.15) is 22.3 Å². The van der Waals surface area contributed by atoms with Crippen LogP contribution in [0.2, 0.25) is 0 Å². The summed E-state index contributed by atoms with van der Waals surface area (Å²) < 4.78 is 0. The highest BCUT2D eigenvalue weighted by atomic mass is 16.4. The summed E-state index contributed by atoms with van der Waals surface area (Å²) in [5, 5.41) is 19.5. The van der Waals surface area contributed by atoms with Gasteiger partial charge in [-0.25, -0.2) is 4.79 Å². The van der Waals surface area contributed by atoms with E-state index in [4.69, 9.17) is 5.11 Å². The van der Waals surface area contributed by atoms with Crippen LogP contribution in [0.25, 0.3) is 34.3 Å². The number of benzene rings is 1. The molecule has 0 saturated carbocycles. The molecular formula is C16H10N2O2. The second-order valence-corrected chi connectivity index (χ2v) is 4.86. The normalized spacial score (nSPS) is 13.4. The van der Waals surface area contributed by atoms with E-state index in [1.54, 1.807) is 12.1 Å². The van der Waals surface area contributed by atoms with Gasteiger partial charge in [-0.15, -0.1) is 10.2 Å². The molecule has 1 aromatic rings. The summed E-state index contributed by atoms with van der Waals surface area (Å²) in [6.45, 7) is 0. The van der Waals surface area contributed by atoms with Gasteiger partial charge in [-0.1, -0.05) is 30.4 Å². The van der Waals surface area contributed by atoms with Crippen LogP contribution in [-0.2, 0) is 0 Å². The molecule has 0 aromatic heterocycles. The van der Waals surface area contributed by atoms with E-state index in [1.165, 1.54) is 0 Å². The molecule has 0 unspecified atom stereocenters. The molecule has 0 atom stereocenters. The maximum Gasteiger partial charge on any atom is 0.335 e. The molecule has 1 heterocycles. The number of nitrogens with zero attached hydrogens (tertiary/aromatic N) is 2. The fraction of sp³-hybridized carbons (Fsp3) is 0.0625. The van der Waals surface area contributed by atoms with Crippen LogP contribution in [-0.4, -0.2) is 21.3 Å². The summed E-state index contributed by atoms with van der Waals surface area (Å²) >= 11 is 0. The monoisotopic (exact) mass is 262 g/mol. The van der Waals surface area contributed by atoms with Crippen molar-refractivity contribution in [3.63, 3.8) is 0 Å². The SMILES string of the molecule is O=C(O)c1cc2ccc3c(c4nnc(c1)c2-4)C=CCC=3. The molecule has 2 aliphatic carbocycles. The van der Waals surface area contributed by atoms with Crippen LogP contribution in [0, 0.1) is 0 Å². The van der Waals surface area contributed by atoms with Crippen molar-refractivity contribution < 1.29 is 9.90 Å². The van der Waals surface area contributed by atoms with E-state index in [2.05, 4.69) is 28.4 Å². The molecule has 0 spiro atoms. The number of fused-ring (bicyclic) bond motifs is 2. The third-order valence-corrected chi connectivity index (χ3v) is 3.66. The van der Waals surface area contributed by atoms with Crippen molar-refractivity contribution in [1.82, 2.24) is 10.2 Å². The van der Waals surface area contributed by atoms with Crippen molar-refractivity contribution in [3.05, 3.63) is 46.7 Å². The highest BCUT2D eigenvalue weighted by Gasteiger charge is 2.19. The Labute approximate surface area is 114 Å². The molecule has 0 fully saturated rings. The summed E-state index contributed by atoms with van der Waals surface area (Å²) in [5.41, 5.74) is 3.68. The quantitative estimate of drug-likeness (QED) is 0.731. The third-order valence-electron chi connectivity index (χ3n) is 3.66. The lowest BCUT2D eigenvalue weighted by Gasteiger charge is -2.03. The molecule has 1 aliphatic heterocycles. The van der Waals surface area contributed by atoms with Crippen LogP contribution < -0.4 is 5.22 Å². The van der Waals surface area contributed by atoms with Crippen LogP contribution in [0.5, 0.6) is 0 Å². The molecule has 4 nitrogen and oxygen atoms in total. The molecule has 96 valence electrons. The molecule has 0 bridgehead atoms. The standard InChI is InChI=1S/C16H10N2O2/c19-16(20)11-7-10-6-5-9-3-1-2-4-12(9)15-14(10)13(8-11)17-18-15/h2-8H,1H2,(H,19,20). The van der Waals surface area contributed by atoms with Gasteiger partial charge in [0.1, 0.15) is 5.69 Å². The molecule has 3 aliphatic rings. The Morgan fingerprint density at radius 2 is 2.10 bits per heavy atom. The molecule has 0 amide bonds. The first-order valence-electron chi connectivity index (χ1n) is 6.37. The minimum atomic E-state index is -0.950. The van der Waals surface area contributed by atoms with Gasteiger partial charge in [-0.2, -0.15) is 0 Å². The van der Waals surface area contributed by atoms with Gasteiger partial charge in [0.25, 0.3) is 0 Å². The van der Waals surface area contributed by atoms with Gasteiger partial charge in [0, 0.05) is 11.1 Å². The third kappa shape index (κ3) is 1.45. The number of carboxylic acid groups (broad SMARTS) is 1. The van der Waals surface area contributed by atoms with Crippen LogP contribution in [0.15, 0.2) is 30.3 Å². The van der Waals surface area contributed by atoms with E-state index in [0.717, 1.165) is 33.8 Å². The lowest BCUT2D eigenvalue weighted by Crippen LogP contribution is -2.05. The molecule has 0 saturated heterocycles. The van der Waals surface area contributed by atoms with E-state index in [0.29, 0.717) is 5.52 Å². The number of carboxylic acids is 1. The zero-order valence-electron chi connectivity index (χ0n) is 10.5. The molecule has 20 heavy (non-hydrogen) atoms. The van der Waals surface area contributed by atoms with E-state index in [1.807, 2.05) is 12.1 Å². The smallest absolute Gasteiger partial charge is 0.335 e. The van der Waals surface area contributed by atoms with Gasteiger partial charge >= 0.3 is 5.97 Å². The van der Waals surface area contributed by atoms with Crippen LogP contribution in [0.3, 0.4) is 0 Å². The fourth-order valence-electron chi connectivity index (χ4n) is 2.72. The molecular weight excluding hydrogens is 252 g/mol. The molecule has 4 heteroatoms. The summed E-state index contributed by atoms with van der Waals surface area (Å²) in [6, 6.07) is 7.21. The average Bonchev–Trinajstić information content (AvgIpc) is 2.81. The van der Waals surface area contributed by atoms with Crippen molar-refractivity contribution in [2.24, 2.45) is 0 Å². The Hall–Kier alpha value is -2.75.